The lowest BCUT2D eigenvalue weighted by molar-refractivity contribution is -0.109. The van der Waals surface area contributed by atoms with Gasteiger partial charge in [-0.25, -0.2) is 4.98 Å². The normalized spacial score (nSPS) is 15.0. The minimum absolute atomic E-state index is 0.537. The molecule has 0 aliphatic carbocycles. The zero-order valence-corrected chi connectivity index (χ0v) is 18.4. The number of aldehydes is 1. The number of hydrogen-bond acceptors (Lipinski definition) is 7. The number of pyridine rings is 2. The van der Waals surface area contributed by atoms with Gasteiger partial charge in [-0.3, -0.25) is 15.0 Å². The molecule has 0 atom stereocenters. The van der Waals surface area contributed by atoms with Crippen LogP contribution in [0.5, 0.6) is 11.6 Å². The third-order valence-corrected chi connectivity index (χ3v) is 5.97. The first-order valence-corrected chi connectivity index (χ1v) is 11.2. The van der Waals surface area contributed by atoms with Gasteiger partial charge >= 0.3 is 0 Å². The van der Waals surface area contributed by atoms with E-state index in [1.807, 2.05) is 36.4 Å². The van der Waals surface area contributed by atoms with E-state index in [4.69, 9.17) is 9.72 Å². The molecule has 1 aliphatic heterocycles. The van der Waals surface area contributed by atoms with E-state index in [9.17, 15) is 4.79 Å². The van der Waals surface area contributed by atoms with E-state index >= 15 is 0 Å². The van der Waals surface area contributed by atoms with Gasteiger partial charge in [0.15, 0.2) is 0 Å². The number of carbonyl (C=O) groups excluding carboxylic acids is 1. The predicted octanol–water partition coefficient (Wildman–Crippen LogP) is 3.17. The van der Waals surface area contributed by atoms with Crippen molar-refractivity contribution in [1.82, 2.24) is 30.0 Å². The Balaban J connectivity index is 1.19. The molecule has 33 heavy (non-hydrogen) atoms. The molecule has 4 heterocycles. The largest absolute Gasteiger partial charge is 0.439 e. The van der Waals surface area contributed by atoms with E-state index in [0.29, 0.717) is 12.4 Å². The van der Waals surface area contributed by atoms with Crippen molar-refractivity contribution in [2.45, 2.75) is 6.42 Å². The van der Waals surface area contributed by atoms with E-state index in [-0.39, 0.29) is 0 Å². The van der Waals surface area contributed by atoms with Gasteiger partial charge in [-0.05, 0) is 36.4 Å². The van der Waals surface area contributed by atoms with Crippen LogP contribution in [0.15, 0.2) is 60.9 Å². The fourth-order valence-corrected chi connectivity index (χ4v) is 4.06. The molecule has 8 nitrogen and oxygen atoms in total. The number of piperazine rings is 1. The summed E-state index contributed by atoms with van der Waals surface area (Å²) >= 11 is 0. The van der Waals surface area contributed by atoms with E-state index in [1.165, 1.54) is 0 Å². The Kier molecular flexibility index (Phi) is 6.37. The molecule has 8 heteroatoms. The van der Waals surface area contributed by atoms with Crippen LogP contribution in [0.3, 0.4) is 0 Å². The number of carbonyl (C=O) groups is 1. The second-order valence-electron chi connectivity index (χ2n) is 8.17. The number of nitrogens with zero attached hydrogens (tertiary/aromatic N) is 5. The van der Waals surface area contributed by atoms with Gasteiger partial charge in [-0.15, -0.1) is 0 Å². The molecule has 0 saturated carbocycles. The Bertz CT molecular complexity index is 1200. The van der Waals surface area contributed by atoms with Gasteiger partial charge in [0.2, 0.25) is 5.88 Å². The molecular formula is C25H26N6O2. The number of aromatic nitrogens is 4. The van der Waals surface area contributed by atoms with Crippen molar-refractivity contribution in [3.63, 3.8) is 0 Å². The summed E-state index contributed by atoms with van der Waals surface area (Å²) in [6.45, 7) is 5.42. The van der Waals surface area contributed by atoms with E-state index < -0.39 is 0 Å². The Morgan fingerprint density at radius 1 is 1.00 bits per heavy atom. The molecule has 5 rings (SSSR count). The summed E-state index contributed by atoms with van der Waals surface area (Å²) in [5.41, 5.74) is 3.92. The van der Waals surface area contributed by atoms with Gasteiger partial charge in [0, 0.05) is 74.2 Å². The smallest absolute Gasteiger partial charge is 0.219 e. The molecule has 0 radical (unpaired) electrons. The van der Waals surface area contributed by atoms with Crippen LogP contribution >= 0.6 is 0 Å². The number of benzene rings is 1. The fourth-order valence-electron chi connectivity index (χ4n) is 4.06. The number of aromatic amines is 1. The maximum absolute atomic E-state index is 10.7. The predicted molar refractivity (Wildman–Crippen MR) is 126 cm³/mol. The summed E-state index contributed by atoms with van der Waals surface area (Å²) in [6.07, 6.45) is 5.38. The number of rotatable bonds is 8. The van der Waals surface area contributed by atoms with Gasteiger partial charge in [0.05, 0.1) is 17.8 Å². The lowest BCUT2D eigenvalue weighted by Gasteiger charge is -2.33. The molecule has 1 aliphatic rings. The van der Waals surface area contributed by atoms with Crippen molar-refractivity contribution in [1.29, 1.82) is 0 Å². The van der Waals surface area contributed by atoms with Gasteiger partial charge in [0.25, 0.3) is 0 Å². The lowest BCUT2D eigenvalue weighted by Crippen LogP contribution is -2.47. The molecule has 0 amide bonds. The summed E-state index contributed by atoms with van der Waals surface area (Å²) < 4.78 is 5.94. The van der Waals surface area contributed by atoms with Crippen molar-refractivity contribution >= 4 is 17.2 Å². The Morgan fingerprint density at radius 3 is 2.64 bits per heavy atom. The minimum atomic E-state index is 0.537. The monoisotopic (exact) mass is 442 g/mol. The van der Waals surface area contributed by atoms with Gasteiger partial charge in [0.1, 0.15) is 12.0 Å². The quantitative estimate of drug-likeness (QED) is 0.419. The summed E-state index contributed by atoms with van der Waals surface area (Å²) in [4.78, 5) is 24.5. The average Bonchev–Trinajstić information content (AvgIpc) is 3.39. The molecule has 0 bridgehead atoms. The van der Waals surface area contributed by atoms with Crippen LogP contribution in [0.4, 0.5) is 0 Å². The number of hydrogen-bond donors (Lipinski definition) is 1. The van der Waals surface area contributed by atoms with E-state index in [2.05, 4.69) is 37.1 Å². The summed E-state index contributed by atoms with van der Waals surface area (Å²) in [7, 11) is 0. The highest BCUT2D eigenvalue weighted by molar-refractivity contribution is 5.80. The maximum atomic E-state index is 10.7. The highest BCUT2D eigenvalue weighted by Gasteiger charge is 2.16. The van der Waals surface area contributed by atoms with Crippen molar-refractivity contribution in [3.8, 4) is 22.9 Å². The number of fused-ring (bicyclic) bond motifs is 1. The van der Waals surface area contributed by atoms with Crippen LogP contribution in [0.1, 0.15) is 5.69 Å². The highest BCUT2D eigenvalue weighted by Crippen LogP contribution is 2.25. The molecule has 1 aromatic carbocycles. The van der Waals surface area contributed by atoms with E-state index in [0.717, 1.165) is 79.0 Å². The Labute approximate surface area is 192 Å². The van der Waals surface area contributed by atoms with Crippen LogP contribution < -0.4 is 4.74 Å². The van der Waals surface area contributed by atoms with Crippen molar-refractivity contribution < 1.29 is 9.53 Å². The molecule has 168 valence electrons. The SMILES string of the molecule is O=CCN1CCN(CCc2ccc3cc(Oc4ccc(-c5ccn[nH]5)cn4)ccc3n2)CC1. The van der Waals surface area contributed by atoms with Crippen molar-refractivity contribution in [2.24, 2.45) is 0 Å². The van der Waals surface area contributed by atoms with Crippen LogP contribution in [0.2, 0.25) is 0 Å². The third kappa shape index (κ3) is 5.24. The standard InChI is InChI=1S/C25H26N6O2/c32-16-15-31-13-11-30(12-14-31)10-8-21-3-1-19-17-22(4-5-23(19)28-21)33-25-6-2-20(18-26-25)24-7-9-27-29-24/h1-7,9,16-18H,8,10-15H2,(H,27,29). The molecule has 0 unspecified atom stereocenters. The van der Waals surface area contributed by atoms with Gasteiger partial charge < -0.3 is 14.4 Å². The fraction of sp³-hybridized carbons (Fsp3) is 0.280. The maximum Gasteiger partial charge on any atom is 0.219 e. The van der Waals surface area contributed by atoms with Gasteiger partial charge in [-0.1, -0.05) is 6.07 Å². The highest BCUT2D eigenvalue weighted by atomic mass is 16.5. The molecule has 1 fully saturated rings. The van der Waals surface area contributed by atoms with Gasteiger partial charge in [-0.2, -0.15) is 5.10 Å². The van der Waals surface area contributed by atoms with Crippen LogP contribution in [-0.2, 0) is 11.2 Å². The number of nitrogens with one attached hydrogen (secondary N) is 1. The zero-order chi connectivity index (χ0) is 22.5. The molecule has 3 aromatic heterocycles. The first-order valence-electron chi connectivity index (χ1n) is 11.2. The second-order valence-corrected chi connectivity index (χ2v) is 8.17. The van der Waals surface area contributed by atoms with E-state index in [1.54, 1.807) is 12.4 Å². The summed E-state index contributed by atoms with van der Waals surface area (Å²) in [5, 5.41) is 7.93. The van der Waals surface area contributed by atoms with Crippen LogP contribution in [-0.4, -0.2) is 75.5 Å². The average molecular weight is 443 g/mol. The zero-order valence-electron chi connectivity index (χ0n) is 18.4. The van der Waals surface area contributed by atoms with Crippen molar-refractivity contribution in [3.05, 3.63) is 66.6 Å². The minimum Gasteiger partial charge on any atom is -0.439 e. The Hall–Kier alpha value is -3.62. The molecule has 4 aromatic rings. The first-order chi connectivity index (χ1) is 16.3. The molecule has 1 N–H and O–H groups in total. The topological polar surface area (TPSA) is 87.2 Å². The lowest BCUT2D eigenvalue weighted by atomic mass is 10.1. The van der Waals surface area contributed by atoms with Crippen LogP contribution in [0, 0.1) is 0 Å². The number of H-pyrrole nitrogens is 1. The third-order valence-electron chi connectivity index (χ3n) is 5.97. The van der Waals surface area contributed by atoms with Crippen LogP contribution in [0.25, 0.3) is 22.2 Å². The molecule has 1 saturated heterocycles. The second kappa shape index (κ2) is 9.89. The summed E-state index contributed by atoms with van der Waals surface area (Å²) in [5.74, 6) is 1.27. The Morgan fingerprint density at radius 2 is 1.88 bits per heavy atom. The molecular weight excluding hydrogens is 416 g/mol. The first kappa shape index (κ1) is 21.2. The van der Waals surface area contributed by atoms with Crippen molar-refractivity contribution in [2.75, 3.05) is 39.3 Å². The summed E-state index contributed by atoms with van der Waals surface area (Å²) in [6, 6.07) is 15.8. The molecule has 0 spiro atoms. The number of ether oxygens (including phenoxy) is 1.